The van der Waals surface area contributed by atoms with Crippen molar-refractivity contribution in [3.05, 3.63) is 94.5 Å². The first-order valence-electron chi connectivity index (χ1n) is 11.2. The Bertz CT molecular complexity index is 1120. The van der Waals surface area contributed by atoms with Crippen LogP contribution in [0, 0.1) is 13.8 Å². The van der Waals surface area contributed by atoms with Gasteiger partial charge in [0.15, 0.2) is 11.5 Å². The van der Waals surface area contributed by atoms with Gasteiger partial charge in [-0.15, -0.1) is 0 Å². The molecule has 3 aromatic carbocycles. The average molecular weight is 429 g/mol. The zero-order valence-corrected chi connectivity index (χ0v) is 18.6. The Hall–Kier alpha value is -3.31. The van der Waals surface area contributed by atoms with Gasteiger partial charge in [0.2, 0.25) is 6.79 Å². The second kappa shape index (κ2) is 8.67. The molecule has 0 radical (unpaired) electrons. The van der Waals surface area contributed by atoms with Gasteiger partial charge >= 0.3 is 0 Å². The third-order valence-electron chi connectivity index (χ3n) is 6.43. The van der Waals surface area contributed by atoms with Gasteiger partial charge in [-0.25, -0.2) is 0 Å². The van der Waals surface area contributed by atoms with E-state index in [1.165, 1.54) is 22.3 Å². The summed E-state index contributed by atoms with van der Waals surface area (Å²) in [6.07, 6.45) is 0. The summed E-state index contributed by atoms with van der Waals surface area (Å²) in [4.78, 5) is 17.6. The van der Waals surface area contributed by atoms with E-state index in [-0.39, 0.29) is 18.7 Å². The van der Waals surface area contributed by atoms with Crippen LogP contribution in [-0.2, 0) is 0 Å². The predicted octanol–water partition coefficient (Wildman–Crippen LogP) is 4.58. The highest BCUT2D eigenvalue weighted by Crippen LogP contribution is 2.34. The highest BCUT2D eigenvalue weighted by atomic mass is 16.7. The summed E-state index contributed by atoms with van der Waals surface area (Å²) in [5.74, 6) is 1.39. The molecule has 3 aromatic rings. The van der Waals surface area contributed by atoms with Gasteiger partial charge in [0.1, 0.15) is 0 Å². The number of hydrogen-bond acceptors (Lipinski definition) is 4. The smallest absolute Gasteiger partial charge is 0.254 e. The zero-order chi connectivity index (χ0) is 22.1. The minimum Gasteiger partial charge on any atom is -0.454 e. The normalized spacial score (nSPS) is 16.8. The highest BCUT2D eigenvalue weighted by Gasteiger charge is 2.30. The molecule has 1 atom stereocenters. The van der Waals surface area contributed by atoms with E-state index in [0.29, 0.717) is 30.2 Å². The van der Waals surface area contributed by atoms with Crippen LogP contribution in [0.1, 0.15) is 38.7 Å². The Morgan fingerprint density at radius 2 is 1.59 bits per heavy atom. The first kappa shape index (κ1) is 20.6. The lowest BCUT2D eigenvalue weighted by Gasteiger charge is -2.40. The lowest BCUT2D eigenvalue weighted by atomic mass is 9.92. The number of carbonyl (C=O) groups is 1. The van der Waals surface area contributed by atoms with Gasteiger partial charge in [-0.05, 0) is 48.7 Å². The van der Waals surface area contributed by atoms with Gasteiger partial charge in [0.25, 0.3) is 5.91 Å². The third-order valence-corrected chi connectivity index (χ3v) is 6.43. The molecular formula is C27H28N2O3. The van der Waals surface area contributed by atoms with E-state index in [2.05, 4.69) is 67.3 Å². The molecule has 1 saturated heterocycles. The van der Waals surface area contributed by atoms with E-state index in [1.54, 1.807) is 6.07 Å². The molecular weight excluding hydrogens is 400 g/mol. The van der Waals surface area contributed by atoms with Crippen molar-refractivity contribution in [3.63, 3.8) is 0 Å². The fourth-order valence-electron chi connectivity index (χ4n) is 4.67. The van der Waals surface area contributed by atoms with Crippen LogP contribution in [-0.4, -0.2) is 48.7 Å². The van der Waals surface area contributed by atoms with Crippen molar-refractivity contribution in [2.24, 2.45) is 0 Å². The van der Waals surface area contributed by atoms with E-state index in [4.69, 9.17) is 9.47 Å². The Morgan fingerprint density at radius 1 is 0.844 bits per heavy atom. The molecule has 1 fully saturated rings. The number of ether oxygens (including phenoxy) is 2. The maximum absolute atomic E-state index is 13.1. The monoisotopic (exact) mass is 428 g/mol. The summed E-state index contributed by atoms with van der Waals surface area (Å²) < 4.78 is 10.8. The number of nitrogens with zero attached hydrogens (tertiary/aromatic N) is 2. The van der Waals surface area contributed by atoms with Crippen LogP contribution in [0.4, 0.5) is 0 Å². The molecule has 5 heteroatoms. The second-order valence-corrected chi connectivity index (χ2v) is 8.57. The molecule has 2 aliphatic heterocycles. The Labute approximate surface area is 189 Å². The number of rotatable bonds is 4. The summed E-state index contributed by atoms with van der Waals surface area (Å²) in [6, 6.07) is 23.0. The van der Waals surface area contributed by atoms with E-state index >= 15 is 0 Å². The van der Waals surface area contributed by atoms with Crippen LogP contribution in [0.2, 0.25) is 0 Å². The molecule has 1 amide bonds. The number of fused-ring (bicyclic) bond motifs is 1. The molecule has 2 heterocycles. The predicted molar refractivity (Wildman–Crippen MR) is 124 cm³/mol. The van der Waals surface area contributed by atoms with Crippen molar-refractivity contribution in [2.75, 3.05) is 33.0 Å². The molecule has 32 heavy (non-hydrogen) atoms. The third kappa shape index (κ3) is 3.96. The average Bonchev–Trinajstić information content (AvgIpc) is 3.30. The SMILES string of the molecule is Cc1ccc(C)c(C(c2ccccc2)N2CCN(C(=O)c3ccc4c(c3)OCO4)CC2)c1. The maximum atomic E-state index is 13.1. The minimum atomic E-state index is 0.0472. The minimum absolute atomic E-state index is 0.0472. The number of amides is 1. The van der Waals surface area contributed by atoms with Crippen molar-refractivity contribution in [1.82, 2.24) is 9.80 Å². The van der Waals surface area contributed by atoms with E-state index in [1.807, 2.05) is 17.0 Å². The Morgan fingerprint density at radius 3 is 2.38 bits per heavy atom. The van der Waals surface area contributed by atoms with Crippen molar-refractivity contribution in [1.29, 1.82) is 0 Å². The highest BCUT2D eigenvalue weighted by molar-refractivity contribution is 5.95. The fourth-order valence-corrected chi connectivity index (χ4v) is 4.67. The van der Waals surface area contributed by atoms with Crippen molar-refractivity contribution < 1.29 is 14.3 Å². The van der Waals surface area contributed by atoms with Crippen LogP contribution < -0.4 is 9.47 Å². The molecule has 0 N–H and O–H groups in total. The molecule has 0 bridgehead atoms. The first-order chi connectivity index (χ1) is 15.6. The second-order valence-electron chi connectivity index (χ2n) is 8.57. The largest absolute Gasteiger partial charge is 0.454 e. The lowest BCUT2D eigenvalue weighted by Crippen LogP contribution is -2.50. The summed E-state index contributed by atoms with van der Waals surface area (Å²) in [7, 11) is 0. The van der Waals surface area contributed by atoms with Crippen LogP contribution in [0.5, 0.6) is 11.5 Å². The van der Waals surface area contributed by atoms with Gasteiger partial charge < -0.3 is 14.4 Å². The number of benzene rings is 3. The maximum Gasteiger partial charge on any atom is 0.254 e. The van der Waals surface area contributed by atoms with Crippen LogP contribution >= 0.6 is 0 Å². The quantitative estimate of drug-likeness (QED) is 0.610. The molecule has 5 rings (SSSR count). The molecule has 0 saturated carbocycles. The van der Waals surface area contributed by atoms with Gasteiger partial charge in [-0.2, -0.15) is 0 Å². The standard InChI is InChI=1S/C27H28N2O3/c1-19-8-9-20(2)23(16-19)26(21-6-4-3-5-7-21)28-12-14-29(15-13-28)27(30)22-10-11-24-25(17-22)32-18-31-24/h3-11,16-17,26H,12-15,18H2,1-2H3. The van der Waals surface area contributed by atoms with Crippen molar-refractivity contribution >= 4 is 5.91 Å². The van der Waals surface area contributed by atoms with E-state index in [0.717, 1.165) is 13.1 Å². The molecule has 0 spiro atoms. The van der Waals surface area contributed by atoms with Crippen molar-refractivity contribution in [2.45, 2.75) is 19.9 Å². The molecule has 0 aromatic heterocycles. The zero-order valence-electron chi connectivity index (χ0n) is 18.6. The van der Waals surface area contributed by atoms with Crippen LogP contribution in [0.3, 0.4) is 0 Å². The fraction of sp³-hybridized carbons (Fsp3) is 0.296. The van der Waals surface area contributed by atoms with Gasteiger partial charge in [-0.3, -0.25) is 9.69 Å². The Kier molecular flexibility index (Phi) is 5.58. The topological polar surface area (TPSA) is 42.0 Å². The van der Waals surface area contributed by atoms with Gasteiger partial charge in [0, 0.05) is 31.7 Å². The summed E-state index contributed by atoms with van der Waals surface area (Å²) >= 11 is 0. The first-order valence-corrected chi connectivity index (χ1v) is 11.2. The molecule has 164 valence electrons. The summed E-state index contributed by atoms with van der Waals surface area (Å²) in [6.45, 7) is 7.58. The van der Waals surface area contributed by atoms with Crippen LogP contribution in [0.15, 0.2) is 66.7 Å². The van der Waals surface area contributed by atoms with E-state index in [9.17, 15) is 4.79 Å². The van der Waals surface area contributed by atoms with E-state index < -0.39 is 0 Å². The van der Waals surface area contributed by atoms with Crippen molar-refractivity contribution in [3.8, 4) is 11.5 Å². The summed E-state index contributed by atoms with van der Waals surface area (Å²) in [5.41, 5.74) is 5.84. The lowest BCUT2D eigenvalue weighted by molar-refractivity contribution is 0.0596. The molecule has 2 aliphatic rings. The number of aryl methyl sites for hydroxylation is 2. The van der Waals surface area contributed by atoms with Crippen LogP contribution in [0.25, 0.3) is 0 Å². The number of piperazine rings is 1. The molecule has 1 unspecified atom stereocenters. The summed E-state index contributed by atoms with van der Waals surface area (Å²) in [5, 5.41) is 0. The number of hydrogen-bond donors (Lipinski definition) is 0. The number of carbonyl (C=O) groups excluding carboxylic acids is 1. The van der Waals surface area contributed by atoms with Gasteiger partial charge in [-0.1, -0.05) is 54.1 Å². The Balaban J connectivity index is 1.36. The van der Waals surface area contributed by atoms with Gasteiger partial charge in [0.05, 0.1) is 6.04 Å². The molecule has 0 aliphatic carbocycles. The molecule has 5 nitrogen and oxygen atoms in total.